The summed E-state index contributed by atoms with van der Waals surface area (Å²) in [7, 11) is -1.41. The van der Waals surface area contributed by atoms with Crippen molar-refractivity contribution in [1.82, 2.24) is 5.32 Å². The maximum atomic E-state index is 12.9. The number of rotatable bonds is 6. The van der Waals surface area contributed by atoms with Crippen LogP contribution in [0.2, 0.25) is 0 Å². The Balaban J connectivity index is 1.50. The van der Waals surface area contributed by atoms with E-state index in [9.17, 15) is 18.0 Å². The molecule has 8 nitrogen and oxygen atoms in total. The second-order valence-corrected chi connectivity index (χ2v) is 11.2. The number of ether oxygens (including phenoxy) is 1. The Kier molecular flexibility index (Phi) is 5.88. The van der Waals surface area contributed by atoms with Crippen molar-refractivity contribution in [3.63, 3.8) is 0 Å². The Labute approximate surface area is 201 Å². The lowest BCUT2D eigenvalue weighted by atomic mass is 10.00. The van der Waals surface area contributed by atoms with Gasteiger partial charge in [0.2, 0.25) is 5.91 Å². The predicted molar refractivity (Wildman–Crippen MR) is 132 cm³/mol. The number of carbonyl (C=O) groups excluding carboxylic acids is 1. The minimum absolute atomic E-state index is 0.0813. The van der Waals surface area contributed by atoms with E-state index >= 15 is 0 Å². The van der Waals surface area contributed by atoms with Gasteiger partial charge in [0.05, 0.1) is 25.0 Å². The van der Waals surface area contributed by atoms with Crippen LogP contribution in [0.25, 0.3) is 33.1 Å². The quantitative estimate of drug-likeness (QED) is 0.434. The van der Waals surface area contributed by atoms with Gasteiger partial charge in [-0.1, -0.05) is 18.2 Å². The molecule has 1 fully saturated rings. The summed E-state index contributed by atoms with van der Waals surface area (Å²) in [4.78, 5) is 25.6. The lowest BCUT2D eigenvalue weighted by Crippen LogP contribution is -2.31. The zero-order valence-electron chi connectivity index (χ0n) is 19.4. The first-order chi connectivity index (χ1) is 16.7. The molecule has 1 unspecified atom stereocenters. The van der Waals surface area contributed by atoms with Gasteiger partial charge in [0.15, 0.2) is 9.84 Å². The maximum Gasteiger partial charge on any atom is 0.347 e. The molecule has 1 amide bonds. The first-order valence-corrected chi connectivity index (χ1v) is 13.2. The molecule has 0 bridgehead atoms. The molecule has 9 heteroatoms. The lowest BCUT2D eigenvalue weighted by Gasteiger charge is -2.10. The van der Waals surface area contributed by atoms with Gasteiger partial charge < -0.3 is 18.9 Å². The van der Waals surface area contributed by atoms with Crippen molar-refractivity contribution in [2.24, 2.45) is 5.92 Å². The van der Waals surface area contributed by atoms with Crippen LogP contribution in [-0.4, -0.2) is 39.5 Å². The van der Waals surface area contributed by atoms with Gasteiger partial charge in [-0.25, -0.2) is 13.2 Å². The van der Waals surface area contributed by atoms with Gasteiger partial charge in [-0.15, -0.1) is 0 Å². The first-order valence-electron chi connectivity index (χ1n) is 11.3. The lowest BCUT2D eigenvalue weighted by molar-refractivity contribution is -0.120. The summed E-state index contributed by atoms with van der Waals surface area (Å²) in [6.07, 6.45) is 0.434. The van der Waals surface area contributed by atoms with E-state index in [1.54, 1.807) is 20.1 Å². The average Bonchev–Trinajstić information content (AvgIpc) is 3.36. The summed E-state index contributed by atoms with van der Waals surface area (Å²) >= 11 is 0. The summed E-state index contributed by atoms with van der Waals surface area (Å²) in [6.45, 7) is 1.93. The molecule has 1 aliphatic rings. The monoisotopic (exact) mass is 495 g/mol. The van der Waals surface area contributed by atoms with Crippen LogP contribution in [0.5, 0.6) is 5.75 Å². The zero-order valence-corrected chi connectivity index (χ0v) is 20.2. The number of hydrogen-bond donors (Lipinski definition) is 1. The minimum atomic E-state index is -3.02. The number of furan rings is 1. The topological polar surface area (TPSA) is 116 Å². The number of methoxy groups -OCH3 is 1. The van der Waals surface area contributed by atoms with Gasteiger partial charge in [0, 0.05) is 23.7 Å². The van der Waals surface area contributed by atoms with Crippen LogP contribution >= 0.6 is 0 Å². The number of fused-ring (bicyclic) bond motifs is 2. The van der Waals surface area contributed by atoms with Gasteiger partial charge in [0.1, 0.15) is 28.2 Å². The van der Waals surface area contributed by atoms with E-state index in [1.807, 2.05) is 36.4 Å². The fourth-order valence-corrected chi connectivity index (χ4v) is 6.49. The summed E-state index contributed by atoms with van der Waals surface area (Å²) in [5.74, 6) is 1.39. The third-order valence-electron chi connectivity index (χ3n) is 6.39. The molecule has 4 aromatic rings. The van der Waals surface area contributed by atoms with Gasteiger partial charge in [0.25, 0.3) is 0 Å². The van der Waals surface area contributed by atoms with Crippen molar-refractivity contribution in [2.75, 3.05) is 25.2 Å². The van der Waals surface area contributed by atoms with Crippen LogP contribution in [0.4, 0.5) is 0 Å². The van der Waals surface area contributed by atoms with Crippen molar-refractivity contribution in [3.05, 3.63) is 64.2 Å². The highest BCUT2D eigenvalue weighted by Crippen LogP contribution is 2.35. The smallest absolute Gasteiger partial charge is 0.347 e. The van der Waals surface area contributed by atoms with Crippen molar-refractivity contribution in [1.29, 1.82) is 0 Å². The Morgan fingerprint density at radius 3 is 2.63 bits per heavy atom. The van der Waals surface area contributed by atoms with E-state index in [0.29, 0.717) is 29.1 Å². The van der Waals surface area contributed by atoms with E-state index in [0.717, 1.165) is 22.1 Å². The number of aryl methyl sites for hydroxylation is 1. The summed E-state index contributed by atoms with van der Waals surface area (Å²) in [6, 6.07) is 13.1. The fraction of sp³-hybridized carbons (Fsp3) is 0.308. The van der Waals surface area contributed by atoms with E-state index in [-0.39, 0.29) is 41.7 Å². The molecule has 0 spiro atoms. The number of carbonyl (C=O) groups is 1. The first kappa shape index (κ1) is 23.2. The van der Waals surface area contributed by atoms with E-state index in [1.165, 1.54) is 0 Å². The summed E-state index contributed by atoms with van der Waals surface area (Å²) in [5.41, 5.74) is 0.956. The highest BCUT2D eigenvalue weighted by atomic mass is 32.2. The molecule has 1 saturated heterocycles. The van der Waals surface area contributed by atoms with Crippen LogP contribution < -0.4 is 15.7 Å². The van der Waals surface area contributed by atoms with Crippen molar-refractivity contribution < 1.29 is 26.8 Å². The predicted octanol–water partition coefficient (Wildman–Crippen LogP) is 3.62. The zero-order chi connectivity index (χ0) is 24.7. The van der Waals surface area contributed by atoms with Gasteiger partial charge in [-0.3, -0.25) is 4.79 Å². The Morgan fingerprint density at radius 2 is 1.89 bits per heavy atom. The normalized spacial score (nSPS) is 17.1. The van der Waals surface area contributed by atoms with E-state index in [2.05, 4.69) is 5.32 Å². The SMILES string of the molecule is COc1ccc2cc(-c3oc4cc(C)oc(=O)c4c3CC(=O)NCC3CCS(=O)(=O)C3)ccc2c1. The number of nitrogens with one attached hydrogen (secondary N) is 1. The molecule has 3 heterocycles. The summed E-state index contributed by atoms with van der Waals surface area (Å²) < 4.78 is 40.1. The molecule has 1 aliphatic heterocycles. The highest BCUT2D eigenvalue weighted by molar-refractivity contribution is 7.91. The van der Waals surface area contributed by atoms with Crippen LogP contribution in [0.15, 0.2) is 56.1 Å². The second kappa shape index (κ2) is 8.88. The number of benzene rings is 2. The van der Waals surface area contributed by atoms with Crippen LogP contribution in [0, 0.1) is 12.8 Å². The number of amides is 1. The standard InChI is InChI=1S/C26H25NO7S/c1-15-9-22-24(26(29)33-15)21(12-23(28)27-13-16-7-8-35(30,31)14-16)25(34-22)19-4-3-18-11-20(32-2)6-5-17(18)10-19/h3-6,9-11,16H,7-8,12-14H2,1-2H3,(H,27,28). The molecule has 2 aromatic heterocycles. The molecule has 0 saturated carbocycles. The van der Waals surface area contributed by atoms with E-state index < -0.39 is 15.5 Å². The maximum absolute atomic E-state index is 12.9. The number of hydrogen-bond acceptors (Lipinski definition) is 7. The van der Waals surface area contributed by atoms with Gasteiger partial charge >= 0.3 is 5.63 Å². The van der Waals surface area contributed by atoms with E-state index in [4.69, 9.17) is 13.6 Å². The second-order valence-electron chi connectivity index (χ2n) is 8.97. The molecule has 182 valence electrons. The Hall–Kier alpha value is -3.59. The molecule has 2 aromatic carbocycles. The molecule has 5 rings (SSSR count). The average molecular weight is 496 g/mol. The third-order valence-corrected chi connectivity index (χ3v) is 8.23. The van der Waals surface area contributed by atoms with Crippen LogP contribution in [0.1, 0.15) is 17.7 Å². The highest BCUT2D eigenvalue weighted by Gasteiger charge is 2.28. The summed E-state index contributed by atoms with van der Waals surface area (Å²) in [5, 5.41) is 4.99. The third kappa shape index (κ3) is 4.68. The van der Waals surface area contributed by atoms with Crippen molar-refractivity contribution in [2.45, 2.75) is 19.8 Å². The Bertz CT molecular complexity index is 1610. The van der Waals surface area contributed by atoms with Gasteiger partial charge in [-0.05, 0) is 48.2 Å². The number of sulfone groups is 1. The largest absolute Gasteiger partial charge is 0.497 e. The van der Waals surface area contributed by atoms with Crippen molar-refractivity contribution in [3.8, 4) is 17.1 Å². The minimum Gasteiger partial charge on any atom is -0.497 e. The molecular weight excluding hydrogens is 470 g/mol. The Morgan fingerprint density at radius 1 is 1.11 bits per heavy atom. The fourth-order valence-electron chi connectivity index (χ4n) is 4.63. The molecular formula is C26H25NO7S. The molecule has 35 heavy (non-hydrogen) atoms. The van der Waals surface area contributed by atoms with Crippen LogP contribution in [-0.2, 0) is 21.1 Å². The van der Waals surface area contributed by atoms with Crippen LogP contribution in [0.3, 0.4) is 0 Å². The molecule has 1 N–H and O–H groups in total. The molecule has 0 radical (unpaired) electrons. The molecule has 0 aliphatic carbocycles. The van der Waals surface area contributed by atoms with Gasteiger partial charge in [-0.2, -0.15) is 0 Å². The molecule has 1 atom stereocenters. The van der Waals surface area contributed by atoms with Crippen molar-refractivity contribution >= 4 is 37.5 Å².